The molecule has 0 atom stereocenters. The summed E-state index contributed by atoms with van der Waals surface area (Å²) in [5, 5.41) is 0.725. The van der Waals surface area contributed by atoms with Crippen LogP contribution in [0.1, 0.15) is 11.1 Å². The maximum absolute atomic E-state index is 13.1. The van der Waals surface area contributed by atoms with Crippen molar-refractivity contribution >= 4 is 22.8 Å². The number of carbonyl (C=O) groups is 1. The fraction of sp³-hybridized carbons (Fsp3) is 0.158. The van der Waals surface area contributed by atoms with E-state index in [2.05, 4.69) is 11.6 Å². The van der Waals surface area contributed by atoms with Gasteiger partial charge in [0.2, 0.25) is 0 Å². The van der Waals surface area contributed by atoms with Gasteiger partial charge in [-0.1, -0.05) is 78.5 Å². The summed E-state index contributed by atoms with van der Waals surface area (Å²) in [5.41, 5.74) is 0.923. The largest absolute Gasteiger partial charge is 0.325 e. The summed E-state index contributed by atoms with van der Waals surface area (Å²) in [4.78, 5) is 19.4. The zero-order valence-corrected chi connectivity index (χ0v) is 13.8. The van der Waals surface area contributed by atoms with Gasteiger partial charge in [-0.25, -0.2) is 0 Å². The Balaban J connectivity index is 2.28. The zero-order chi connectivity index (χ0) is 16.3. The smallest absolute Gasteiger partial charge is 0.283 e. The highest BCUT2D eigenvalue weighted by Gasteiger charge is 2.52. The van der Waals surface area contributed by atoms with E-state index in [1.54, 1.807) is 0 Å². The van der Waals surface area contributed by atoms with E-state index in [4.69, 9.17) is 0 Å². The van der Waals surface area contributed by atoms with Crippen LogP contribution in [0.4, 0.5) is 0 Å². The molecule has 0 bridgehead atoms. The van der Waals surface area contributed by atoms with Gasteiger partial charge in [-0.3, -0.25) is 4.79 Å². The van der Waals surface area contributed by atoms with Crippen molar-refractivity contribution in [2.45, 2.75) is 5.54 Å². The van der Waals surface area contributed by atoms with Crippen molar-refractivity contribution < 1.29 is 4.79 Å². The first-order chi connectivity index (χ1) is 11.2. The summed E-state index contributed by atoms with van der Waals surface area (Å²) in [6.45, 7) is 4.40. The molecule has 23 heavy (non-hydrogen) atoms. The van der Waals surface area contributed by atoms with Crippen LogP contribution in [0.25, 0.3) is 0 Å². The number of hydrogen-bond acceptors (Lipinski definition) is 3. The van der Waals surface area contributed by atoms with Crippen LogP contribution in [0.15, 0.2) is 78.3 Å². The maximum atomic E-state index is 13.1. The Hall–Kier alpha value is -2.33. The van der Waals surface area contributed by atoms with E-state index in [9.17, 15) is 4.79 Å². The summed E-state index contributed by atoms with van der Waals surface area (Å²) >= 11 is 1.48. The van der Waals surface area contributed by atoms with Gasteiger partial charge < -0.3 is 4.90 Å². The molecule has 4 heteroatoms. The van der Waals surface area contributed by atoms with Crippen molar-refractivity contribution in [1.82, 2.24) is 4.90 Å². The Kier molecular flexibility index (Phi) is 4.35. The van der Waals surface area contributed by atoms with Crippen LogP contribution < -0.4 is 0 Å². The molecule has 1 aliphatic heterocycles. The molecule has 1 heterocycles. The zero-order valence-electron chi connectivity index (χ0n) is 13.0. The predicted molar refractivity (Wildman–Crippen MR) is 96.5 cm³/mol. The van der Waals surface area contributed by atoms with Crippen molar-refractivity contribution in [2.24, 2.45) is 4.99 Å². The van der Waals surface area contributed by atoms with Crippen molar-refractivity contribution in [2.75, 3.05) is 12.8 Å². The first-order valence-corrected chi connectivity index (χ1v) is 8.64. The van der Waals surface area contributed by atoms with E-state index in [0.717, 1.165) is 16.3 Å². The van der Waals surface area contributed by atoms with E-state index in [1.807, 2.05) is 77.9 Å². The van der Waals surface area contributed by atoms with Crippen LogP contribution in [0, 0.1) is 0 Å². The SMILES string of the molecule is C=CCN1C(SC)=NC(=O)C1(c1ccccc1)c1ccccc1. The fourth-order valence-corrected chi connectivity index (χ4v) is 3.68. The van der Waals surface area contributed by atoms with E-state index < -0.39 is 5.54 Å². The normalized spacial score (nSPS) is 16.3. The minimum atomic E-state index is -0.922. The second-order valence-corrected chi connectivity index (χ2v) is 6.02. The first kappa shape index (κ1) is 15.6. The predicted octanol–water partition coefficient (Wildman–Crippen LogP) is 3.68. The molecule has 0 aromatic heterocycles. The Morgan fingerprint density at radius 3 is 2.04 bits per heavy atom. The van der Waals surface area contributed by atoms with Gasteiger partial charge in [0.05, 0.1) is 0 Å². The summed E-state index contributed by atoms with van der Waals surface area (Å²) in [6, 6.07) is 19.7. The lowest BCUT2D eigenvalue weighted by Gasteiger charge is -2.38. The molecule has 3 nitrogen and oxygen atoms in total. The van der Waals surface area contributed by atoms with Crippen LogP contribution in [-0.2, 0) is 10.3 Å². The van der Waals surface area contributed by atoms with Gasteiger partial charge in [0, 0.05) is 6.54 Å². The van der Waals surface area contributed by atoms with E-state index >= 15 is 0 Å². The Morgan fingerprint density at radius 2 is 1.61 bits per heavy atom. The molecule has 1 amide bonds. The monoisotopic (exact) mass is 322 g/mol. The van der Waals surface area contributed by atoms with Crippen molar-refractivity contribution in [3.8, 4) is 0 Å². The first-order valence-electron chi connectivity index (χ1n) is 7.42. The van der Waals surface area contributed by atoms with Crippen LogP contribution in [-0.4, -0.2) is 28.8 Å². The van der Waals surface area contributed by atoms with Gasteiger partial charge in [0.15, 0.2) is 10.7 Å². The topological polar surface area (TPSA) is 32.7 Å². The number of amidine groups is 1. The lowest BCUT2D eigenvalue weighted by Crippen LogP contribution is -2.49. The lowest BCUT2D eigenvalue weighted by atomic mass is 9.81. The van der Waals surface area contributed by atoms with Crippen LogP contribution in [0.2, 0.25) is 0 Å². The average Bonchev–Trinajstić information content (AvgIpc) is 2.89. The van der Waals surface area contributed by atoms with E-state index in [-0.39, 0.29) is 5.91 Å². The maximum Gasteiger partial charge on any atom is 0.283 e. The molecule has 0 radical (unpaired) electrons. The third-order valence-electron chi connectivity index (χ3n) is 4.02. The van der Waals surface area contributed by atoms with Crippen LogP contribution in [0.5, 0.6) is 0 Å². The van der Waals surface area contributed by atoms with Crippen LogP contribution in [0.3, 0.4) is 0 Å². The molecule has 2 aromatic carbocycles. The van der Waals surface area contributed by atoms with Crippen LogP contribution >= 0.6 is 11.8 Å². The fourth-order valence-electron chi connectivity index (χ4n) is 3.07. The van der Waals surface area contributed by atoms with Gasteiger partial charge in [0.1, 0.15) is 0 Å². The third-order valence-corrected chi connectivity index (χ3v) is 4.70. The highest BCUT2D eigenvalue weighted by molar-refractivity contribution is 8.13. The highest BCUT2D eigenvalue weighted by Crippen LogP contribution is 2.42. The second-order valence-electron chi connectivity index (χ2n) is 5.25. The number of amides is 1. The number of benzene rings is 2. The van der Waals surface area contributed by atoms with Gasteiger partial charge in [-0.15, -0.1) is 6.58 Å². The molecule has 116 valence electrons. The summed E-state index contributed by atoms with van der Waals surface area (Å²) in [6.07, 6.45) is 3.75. The standard InChI is InChI=1S/C19H18N2OS/c1-3-14-21-18(23-2)20-17(22)19(21,15-10-6-4-7-11-15)16-12-8-5-9-13-16/h3-13H,1,14H2,2H3. The summed E-state index contributed by atoms with van der Waals surface area (Å²) in [7, 11) is 0. The lowest BCUT2D eigenvalue weighted by molar-refractivity contribution is -0.124. The minimum absolute atomic E-state index is 0.152. The molecule has 0 aliphatic carbocycles. The van der Waals surface area contributed by atoms with Gasteiger partial charge >= 0.3 is 0 Å². The van der Waals surface area contributed by atoms with Gasteiger partial charge in [-0.2, -0.15) is 4.99 Å². The third kappa shape index (κ3) is 2.39. The second kappa shape index (κ2) is 6.42. The highest BCUT2D eigenvalue weighted by atomic mass is 32.2. The molecule has 1 aliphatic rings. The van der Waals surface area contributed by atoms with Crippen molar-refractivity contribution in [3.63, 3.8) is 0 Å². The number of nitrogens with zero attached hydrogens (tertiary/aromatic N) is 2. The molecule has 0 saturated heterocycles. The molecular formula is C19H18N2OS. The molecule has 0 fully saturated rings. The molecule has 0 spiro atoms. The molecule has 2 aromatic rings. The molecule has 0 N–H and O–H groups in total. The molecule has 0 unspecified atom stereocenters. The molecule has 3 rings (SSSR count). The van der Waals surface area contributed by atoms with Gasteiger partial charge in [0.25, 0.3) is 5.91 Å². The molecular weight excluding hydrogens is 304 g/mol. The number of thioether (sulfide) groups is 1. The quantitative estimate of drug-likeness (QED) is 0.805. The average molecular weight is 322 g/mol. The number of hydrogen-bond donors (Lipinski definition) is 0. The Morgan fingerprint density at radius 1 is 1.09 bits per heavy atom. The minimum Gasteiger partial charge on any atom is -0.325 e. The number of aliphatic imine (C=N–C) groups is 1. The summed E-state index contributed by atoms with van der Waals surface area (Å²) in [5.74, 6) is -0.152. The number of rotatable bonds is 4. The van der Waals surface area contributed by atoms with Gasteiger partial charge in [-0.05, 0) is 17.4 Å². The van der Waals surface area contributed by atoms with Crippen molar-refractivity contribution in [3.05, 3.63) is 84.4 Å². The molecule has 0 saturated carbocycles. The van der Waals surface area contributed by atoms with E-state index in [0.29, 0.717) is 6.54 Å². The van der Waals surface area contributed by atoms with Crippen molar-refractivity contribution in [1.29, 1.82) is 0 Å². The Bertz CT molecular complexity index is 701. The number of carbonyl (C=O) groups excluding carboxylic acids is 1. The van der Waals surface area contributed by atoms with E-state index in [1.165, 1.54) is 11.8 Å². The summed E-state index contributed by atoms with van der Waals surface area (Å²) < 4.78 is 0. The Labute approximate surface area is 140 Å².